The van der Waals surface area contributed by atoms with Gasteiger partial charge in [0.25, 0.3) is 5.91 Å². The number of aromatic amines is 1. The number of nitrogens with one attached hydrogen (secondary N) is 2. The van der Waals surface area contributed by atoms with Crippen molar-refractivity contribution >= 4 is 28.6 Å². The first kappa shape index (κ1) is 18.5. The summed E-state index contributed by atoms with van der Waals surface area (Å²) in [6.07, 6.45) is 4.10. The quantitative estimate of drug-likeness (QED) is 0.718. The van der Waals surface area contributed by atoms with E-state index in [1.807, 2.05) is 18.4 Å². The van der Waals surface area contributed by atoms with E-state index in [0.717, 1.165) is 16.8 Å². The van der Waals surface area contributed by atoms with Gasteiger partial charge in [-0.2, -0.15) is 11.8 Å². The molecule has 0 spiro atoms. The highest BCUT2D eigenvalue weighted by molar-refractivity contribution is 7.98. The van der Waals surface area contributed by atoms with Crippen molar-refractivity contribution in [3.8, 4) is 0 Å². The summed E-state index contributed by atoms with van der Waals surface area (Å²) in [7, 11) is 0. The van der Waals surface area contributed by atoms with Gasteiger partial charge in [-0.3, -0.25) is 9.59 Å². The minimum absolute atomic E-state index is 0.0750. The predicted molar refractivity (Wildman–Crippen MR) is 100.0 cm³/mol. The van der Waals surface area contributed by atoms with Crippen LogP contribution in [-0.2, 0) is 0 Å². The number of carbonyl (C=O) groups excluding carboxylic acids is 1. The van der Waals surface area contributed by atoms with Crippen LogP contribution in [0.5, 0.6) is 0 Å². The first-order valence-electron chi connectivity index (χ1n) is 8.04. The SMILES string of the molecule is CSCC[C@H](CO)NC(=O)c1c[nH]c2c(C(C)C)cccc2c1=O. The van der Waals surface area contributed by atoms with Crippen molar-refractivity contribution in [1.82, 2.24) is 10.3 Å². The van der Waals surface area contributed by atoms with E-state index in [4.69, 9.17) is 0 Å². The molecule has 0 radical (unpaired) electrons. The van der Waals surface area contributed by atoms with Crippen molar-refractivity contribution in [2.75, 3.05) is 18.6 Å². The molecule has 0 aliphatic rings. The van der Waals surface area contributed by atoms with E-state index in [1.165, 1.54) is 6.20 Å². The van der Waals surface area contributed by atoms with Gasteiger partial charge in [0, 0.05) is 11.6 Å². The Morgan fingerprint density at radius 1 is 1.38 bits per heavy atom. The van der Waals surface area contributed by atoms with Crippen LogP contribution in [0.15, 0.2) is 29.2 Å². The zero-order valence-corrected chi connectivity index (χ0v) is 15.1. The Balaban J connectivity index is 2.35. The second-order valence-electron chi connectivity index (χ2n) is 6.09. The number of hydrogen-bond acceptors (Lipinski definition) is 4. The molecule has 3 N–H and O–H groups in total. The number of benzene rings is 1. The van der Waals surface area contributed by atoms with Gasteiger partial charge in [0.05, 0.1) is 18.2 Å². The van der Waals surface area contributed by atoms with Crippen molar-refractivity contribution in [3.05, 3.63) is 45.7 Å². The highest BCUT2D eigenvalue weighted by Gasteiger charge is 2.18. The fourth-order valence-corrected chi connectivity index (χ4v) is 3.18. The smallest absolute Gasteiger partial charge is 0.257 e. The molecule has 1 heterocycles. The minimum atomic E-state index is -0.451. The third-order valence-corrected chi connectivity index (χ3v) is 4.68. The Kier molecular flexibility index (Phi) is 6.45. The highest BCUT2D eigenvalue weighted by Crippen LogP contribution is 2.21. The molecule has 2 rings (SSSR count). The van der Waals surface area contributed by atoms with E-state index >= 15 is 0 Å². The summed E-state index contributed by atoms with van der Waals surface area (Å²) in [5.41, 5.74) is 1.61. The van der Waals surface area contributed by atoms with E-state index in [1.54, 1.807) is 17.8 Å². The van der Waals surface area contributed by atoms with Gasteiger partial charge in [0.2, 0.25) is 5.43 Å². The normalized spacial score (nSPS) is 12.5. The summed E-state index contributed by atoms with van der Waals surface area (Å²) in [5, 5.41) is 12.6. The van der Waals surface area contributed by atoms with Crippen LogP contribution in [0.4, 0.5) is 0 Å². The first-order valence-corrected chi connectivity index (χ1v) is 9.44. The summed E-state index contributed by atoms with van der Waals surface area (Å²) in [6.45, 7) is 3.98. The molecule has 1 aromatic heterocycles. The number of pyridine rings is 1. The lowest BCUT2D eigenvalue weighted by atomic mass is 9.99. The molecule has 0 aliphatic carbocycles. The highest BCUT2D eigenvalue weighted by atomic mass is 32.2. The monoisotopic (exact) mass is 348 g/mol. The molecular formula is C18H24N2O3S. The molecule has 24 heavy (non-hydrogen) atoms. The second kappa shape index (κ2) is 8.35. The Labute approximate surface area is 145 Å². The molecule has 6 heteroatoms. The average Bonchev–Trinajstić information content (AvgIpc) is 2.58. The van der Waals surface area contributed by atoms with Gasteiger partial charge < -0.3 is 15.4 Å². The van der Waals surface area contributed by atoms with E-state index < -0.39 is 5.91 Å². The van der Waals surface area contributed by atoms with Crippen LogP contribution >= 0.6 is 11.8 Å². The maximum Gasteiger partial charge on any atom is 0.257 e. The van der Waals surface area contributed by atoms with Crippen molar-refractivity contribution in [2.45, 2.75) is 32.2 Å². The Morgan fingerprint density at radius 2 is 2.12 bits per heavy atom. The minimum Gasteiger partial charge on any atom is -0.394 e. The largest absolute Gasteiger partial charge is 0.394 e. The lowest BCUT2D eigenvalue weighted by Gasteiger charge is -2.16. The fraction of sp³-hybridized carbons (Fsp3) is 0.444. The number of para-hydroxylation sites is 1. The summed E-state index contributed by atoms with van der Waals surface area (Å²) in [6, 6.07) is 5.20. The summed E-state index contributed by atoms with van der Waals surface area (Å²) in [5.74, 6) is 0.653. The fourth-order valence-electron chi connectivity index (χ4n) is 2.66. The molecule has 0 fully saturated rings. The van der Waals surface area contributed by atoms with Crippen LogP contribution in [0.25, 0.3) is 10.9 Å². The summed E-state index contributed by atoms with van der Waals surface area (Å²) < 4.78 is 0. The van der Waals surface area contributed by atoms with E-state index in [0.29, 0.717) is 11.8 Å². The van der Waals surface area contributed by atoms with Crippen molar-refractivity contribution < 1.29 is 9.90 Å². The molecule has 1 amide bonds. The van der Waals surface area contributed by atoms with Gasteiger partial charge in [0.1, 0.15) is 5.56 Å². The number of amides is 1. The molecule has 0 unspecified atom stereocenters. The van der Waals surface area contributed by atoms with Crippen LogP contribution in [-0.4, -0.2) is 40.7 Å². The molecule has 0 bridgehead atoms. The zero-order valence-electron chi connectivity index (χ0n) is 14.3. The Hall–Kier alpha value is -1.79. The number of aromatic nitrogens is 1. The second-order valence-corrected chi connectivity index (χ2v) is 7.08. The number of hydrogen-bond donors (Lipinski definition) is 3. The first-order chi connectivity index (χ1) is 11.5. The third kappa shape index (κ3) is 3.99. The molecule has 130 valence electrons. The zero-order chi connectivity index (χ0) is 17.7. The van der Waals surface area contributed by atoms with Crippen LogP contribution in [0, 0.1) is 0 Å². The molecule has 2 aromatic rings. The maximum atomic E-state index is 12.7. The molecular weight excluding hydrogens is 324 g/mol. The Bertz CT molecular complexity index is 770. The molecule has 1 atom stereocenters. The lowest BCUT2D eigenvalue weighted by Crippen LogP contribution is -2.40. The number of aliphatic hydroxyl groups is 1. The van der Waals surface area contributed by atoms with E-state index in [2.05, 4.69) is 24.1 Å². The standard InChI is InChI=1S/C18H24N2O3S/c1-11(2)13-5-4-6-14-16(13)19-9-15(17(14)22)18(23)20-12(10-21)7-8-24-3/h4-6,9,11-12,21H,7-8,10H2,1-3H3,(H,19,22)(H,20,23)/t12-/m1/s1. The third-order valence-electron chi connectivity index (χ3n) is 4.04. The van der Waals surface area contributed by atoms with Crippen LogP contribution in [0.1, 0.15) is 42.1 Å². The van der Waals surface area contributed by atoms with Gasteiger partial charge in [-0.25, -0.2) is 0 Å². The predicted octanol–water partition coefficient (Wildman–Crippen LogP) is 2.50. The number of thioether (sulfide) groups is 1. The topological polar surface area (TPSA) is 82.2 Å². The summed E-state index contributed by atoms with van der Waals surface area (Å²) >= 11 is 1.65. The van der Waals surface area contributed by atoms with E-state index in [9.17, 15) is 14.7 Å². The van der Waals surface area contributed by atoms with Crippen molar-refractivity contribution in [2.24, 2.45) is 0 Å². The molecule has 1 aromatic carbocycles. The van der Waals surface area contributed by atoms with Crippen LogP contribution < -0.4 is 10.7 Å². The van der Waals surface area contributed by atoms with Crippen LogP contribution in [0.2, 0.25) is 0 Å². The molecule has 0 saturated heterocycles. The van der Waals surface area contributed by atoms with Crippen molar-refractivity contribution in [1.29, 1.82) is 0 Å². The lowest BCUT2D eigenvalue weighted by molar-refractivity contribution is 0.0914. The van der Waals surface area contributed by atoms with Gasteiger partial charge in [-0.15, -0.1) is 0 Å². The van der Waals surface area contributed by atoms with Gasteiger partial charge in [0.15, 0.2) is 0 Å². The van der Waals surface area contributed by atoms with Crippen molar-refractivity contribution in [3.63, 3.8) is 0 Å². The number of aliphatic hydroxyl groups excluding tert-OH is 1. The molecule has 5 nitrogen and oxygen atoms in total. The number of fused-ring (bicyclic) bond motifs is 1. The summed E-state index contributed by atoms with van der Waals surface area (Å²) in [4.78, 5) is 28.2. The van der Waals surface area contributed by atoms with Crippen LogP contribution in [0.3, 0.4) is 0 Å². The number of rotatable bonds is 7. The maximum absolute atomic E-state index is 12.7. The van der Waals surface area contributed by atoms with Gasteiger partial charge in [-0.1, -0.05) is 26.0 Å². The number of carbonyl (C=O) groups is 1. The molecule has 0 saturated carbocycles. The Morgan fingerprint density at radius 3 is 2.75 bits per heavy atom. The van der Waals surface area contributed by atoms with Gasteiger partial charge in [-0.05, 0) is 36.0 Å². The average molecular weight is 348 g/mol. The van der Waals surface area contributed by atoms with Gasteiger partial charge >= 0.3 is 0 Å². The molecule has 0 aliphatic heterocycles. The van der Waals surface area contributed by atoms with E-state index in [-0.39, 0.29) is 29.6 Å². The number of H-pyrrole nitrogens is 1.